The molecule has 0 heterocycles. The Bertz CT molecular complexity index is 835. The third-order valence-corrected chi connectivity index (χ3v) is 8.44. The van der Waals surface area contributed by atoms with Crippen LogP contribution in [0.4, 0.5) is 0 Å². The highest BCUT2D eigenvalue weighted by Crippen LogP contribution is 2.53. The lowest BCUT2D eigenvalue weighted by molar-refractivity contribution is -0.163. The van der Waals surface area contributed by atoms with E-state index in [0.29, 0.717) is 25.7 Å². The van der Waals surface area contributed by atoms with Crippen molar-refractivity contribution in [1.29, 1.82) is 0 Å². The zero-order valence-corrected chi connectivity index (χ0v) is 21.5. The molecule has 3 N–H and O–H groups in total. The van der Waals surface area contributed by atoms with Crippen molar-refractivity contribution in [1.82, 2.24) is 0 Å². The van der Waals surface area contributed by atoms with E-state index in [1.54, 1.807) is 6.07 Å². The van der Waals surface area contributed by atoms with E-state index in [0.717, 1.165) is 51.4 Å². The van der Waals surface area contributed by atoms with Gasteiger partial charge < -0.3 is 10.2 Å². The van der Waals surface area contributed by atoms with Crippen molar-refractivity contribution in [3.05, 3.63) is 35.9 Å². The van der Waals surface area contributed by atoms with Crippen molar-refractivity contribution in [2.75, 3.05) is 0 Å². The minimum atomic E-state index is -5.36. The van der Waals surface area contributed by atoms with Gasteiger partial charge in [0, 0.05) is 0 Å². The van der Waals surface area contributed by atoms with Gasteiger partial charge in [-0.05, 0) is 18.4 Å². The van der Waals surface area contributed by atoms with Gasteiger partial charge in [0.25, 0.3) is 10.1 Å². The van der Waals surface area contributed by atoms with Crippen LogP contribution in [0.2, 0.25) is 0 Å². The smallest absolute Gasteiger partial charge is 0.333 e. The Morgan fingerprint density at radius 1 is 0.706 bits per heavy atom. The molecule has 1 rings (SSSR count). The van der Waals surface area contributed by atoms with Crippen LogP contribution in [0.25, 0.3) is 0 Å². The molecule has 0 bridgehead atoms. The van der Waals surface area contributed by atoms with Gasteiger partial charge in [-0.2, -0.15) is 8.42 Å². The van der Waals surface area contributed by atoms with Crippen molar-refractivity contribution < 1.29 is 32.8 Å². The topological polar surface area (TPSA) is 129 Å². The van der Waals surface area contributed by atoms with Crippen LogP contribution in [0.5, 0.6) is 0 Å². The quantitative estimate of drug-likeness (QED) is 0.148. The summed E-state index contributed by atoms with van der Waals surface area (Å²) in [4.78, 5) is 25.7. The molecule has 34 heavy (non-hydrogen) atoms. The van der Waals surface area contributed by atoms with Gasteiger partial charge in [0.15, 0.2) is 0 Å². The largest absolute Gasteiger partial charge is 0.481 e. The van der Waals surface area contributed by atoms with Gasteiger partial charge in [-0.25, -0.2) is 0 Å². The molecule has 1 atom stereocenters. The molecule has 0 aromatic heterocycles. The minimum absolute atomic E-state index is 0.148. The summed E-state index contributed by atoms with van der Waals surface area (Å²) in [6, 6.07) is 7.06. The predicted octanol–water partition coefficient (Wildman–Crippen LogP) is 6.43. The van der Waals surface area contributed by atoms with Crippen molar-refractivity contribution >= 4 is 22.1 Å². The first kappa shape index (κ1) is 30.1. The molecule has 0 spiro atoms. The molecule has 0 aliphatic carbocycles. The molecule has 0 aliphatic heterocycles. The first-order valence-corrected chi connectivity index (χ1v) is 14.0. The number of aliphatic carboxylic acids is 2. The predicted molar refractivity (Wildman–Crippen MR) is 133 cm³/mol. The average Bonchev–Trinajstić information content (AvgIpc) is 2.77. The van der Waals surface area contributed by atoms with Crippen LogP contribution in [0.1, 0.15) is 109 Å². The number of unbranched alkanes of at least 4 members (excludes halogenated alkanes) is 10. The molecule has 8 heteroatoms. The summed E-state index contributed by atoms with van der Waals surface area (Å²) in [7, 11) is -5.36. The molecular formula is C26H42O7S. The number of carboxylic acid groups (broad SMARTS) is 2. The normalized spacial score (nSPS) is 14.0. The molecule has 0 fully saturated rings. The Kier molecular flexibility index (Phi) is 12.8. The first-order chi connectivity index (χ1) is 16.1. The third-order valence-electron chi connectivity index (χ3n) is 6.87. The maximum atomic E-state index is 12.9. The summed E-state index contributed by atoms with van der Waals surface area (Å²) in [6.07, 6.45) is 9.65. The molecule has 7 nitrogen and oxygen atoms in total. The van der Waals surface area contributed by atoms with Crippen LogP contribution in [0.3, 0.4) is 0 Å². The van der Waals surface area contributed by atoms with Gasteiger partial charge >= 0.3 is 11.9 Å². The number of benzene rings is 1. The maximum Gasteiger partial charge on any atom is 0.333 e. The highest BCUT2D eigenvalue weighted by molar-refractivity contribution is 7.87. The number of carbonyl (C=O) groups is 2. The van der Waals surface area contributed by atoms with Gasteiger partial charge in [0.1, 0.15) is 5.41 Å². The summed E-state index contributed by atoms with van der Waals surface area (Å²) < 4.78 is 33.2. The van der Waals surface area contributed by atoms with E-state index in [-0.39, 0.29) is 18.4 Å². The van der Waals surface area contributed by atoms with Crippen LogP contribution in [0.15, 0.2) is 30.3 Å². The van der Waals surface area contributed by atoms with E-state index in [2.05, 4.69) is 13.8 Å². The fourth-order valence-electron chi connectivity index (χ4n) is 5.04. The second-order valence-electron chi connectivity index (χ2n) is 9.25. The lowest BCUT2D eigenvalue weighted by Crippen LogP contribution is -2.60. The van der Waals surface area contributed by atoms with E-state index in [9.17, 15) is 32.8 Å². The molecule has 0 radical (unpaired) electrons. The lowest BCUT2D eigenvalue weighted by atomic mass is 9.65. The molecule has 0 amide bonds. The summed E-state index contributed by atoms with van der Waals surface area (Å²) in [5, 5.41) is 20.8. The van der Waals surface area contributed by atoms with E-state index < -0.39 is 32.2 Å². The van der Waals surface area contributed by atoms with Crippen LogP contribution < -0.4 is 0 Å². The zero-order valence-electron chi connectivity index (χ0n) is 20.7. The molecule has 0 saturated heterocycles. The SMILES string of the molecule is CCCCCCCCC(CCCCCCCC)(C(=O)O)C(C(=O)O)(c1ccccc1)S(=O)(=O)O. The molecule has 0 saturated carbocycles. The number of hydrogen-bond acceptors (Lipinski definition) is 4. The van der Waals surface area contributed by atoms with Crippen LogP contribution in [-0.4, -0.2) is 35.1 Å². The Labute approximate surface area is 204 Å². The fourth-order valence-corrected chi connectivity index (χ4v) is 6.48. The van der Waals surface area contributed by atoms with Gasteiger partial charge in [-0.1, -0.05) is 121 Å². The zero-order chi connectivity index (χ0) is 25.7. The summed E-state index contributed by atoms with van der Waals surface area (Å²) in [5.74, 6) is -3.36. The summed E-state index contributed by atoms with van der Waals surface area (Å²) >= 11 is 0. The second kappa shape index (κ2) is 14.5. The van der Waals surface area contributed by atoms with E-state index in [1.165, 1.54) is 24.3 Å². The Morgan fingerprint density at radius 3 is 1.47 bits per heavy atom. The van der Waals surface area contributed by atoms with Crippen molar-refractivity contribution in [2.45, 2.75) is 108 Å². The van der Waals surface area contributed by atoms with Crippen LogP contribution in [0, 0.1) is 5.41 Å². The highest BCUT2D eigenvalue weighted by Gasteiger charge is 2.69. The van der Waals surface area contributed by atoms with E-state index in [1.807, 2.05) is 0 Å². The minimum Gasteiger partial charge on any atom is -0.481 e. The van der Waals surface area contributed by atoms with Gasteiger partial charge in [-0.3, -0.25) is 14.1 Å². The average molecular weight is 499 g/mol. The van der Waals surface area contributed by atoms with Gasteiger partial charge in [-0.15, -0.1) is 0 Å². The molecule has 194 valence electrons. The van der Waals surface area contributed by atoms with Gasteiger partial charge in [0.2, 0.25) is 4.75 Å². The lowest BCUT2D eigenvalue weighted by Gasteiger charge is -2.43. The van der Waals surface area contributed by atoms with Gasteiger partial charge in [0.05, 0.1) is 0 Å². The third kappa shape index (κ3) is 7.04. The fraction of sp³-hybridized carbons (Fsp3) is 0.692. The first-order valence-electron chi connectivity index (χ1n) is 12.6. The molecule has 1 aromatic carbocycles. The van der Waals surface area contributed by atoms with E-state index in [4.69, 9.17) is 0 Å². The van der Waals surface area contributed by atoms with Crippen molar-refractivity contribution in [3.63, 3.8) is 0 Å². The highest BCUT2D eigenvalue weighted by atomic mass is 32.2. The van der Waals surface area contributed by atoms with Crippen LogP contribution in [-0.2, 0) is 24.5 Å². The Morgan fingerprint density at radius 2 is 1.12 bits per heavy atom. The standard InChI is InChI=1S/C26H42O7S/c1-3-5-7-9-11-16-20-25(23(27)28,21-17-12-10-8-6-4-2)26(24(29)30,34(31,32)33)22-18-14-13-15-19-22/h13-15,18-19H,3-12,16-17,20-21H2,1-2H3,(H,27,28)(H,29,30)(H,31,32,33). The molecule has 0 aliphatic rings. The van der Waals surface area contributed by atoms with Crippen molar-refractivity contribution in [2.24, 2.45) is 5.41 Å². The Hall–Kier alpha value is -1.93. The maximum absolute atomic E-state index is 12.9. The van der Waals surface area contributed by atoms with E-state index >= 15 is 0 Å². The van der Waals surface area contributed by atoms with Crippen LogP contribution >= 0.6 is 0 Å². The molecule has 1 unspecified atom stereocenters. The number of carboxylic acids is 2. The Balaban J connectivity index is 3.51. The summed E-state index contributed by atoms with van der Waals surface area (Å²) in [6.45, 7) is 4.17. The second-order valence-corrected chi connectivity index (χ2v) is 10.8. The number of rotatable bonds is 19. The monoisotopic (exact) mass is 498 g/mol. The molecular weight excluding hydrogens is 456 g/mol. The molecule has 1 aromatic rings. The summed E-state index contributed by atoms with van der Waals surface area (Å²) in [5.41, 5.74) is -2.44. The van der Waals surface area contributed by atoms with Crippen molar-refractivity contribution in [3.8, 4) is 0 Å². The number of hydrogen-bond donors (Lipinski definition) is 3.